The minimum absolute atomic E-state index is 0.221. The van der Waals surface area contributed by atoms with E-state index >= 15 is 0 Å². The van der Waals surface area contributed by atoms with Gasteiger partial charge in [0.1, 0.15) is 23.9 Å². The summed E-state index contributed by atoms with van der Waals surface area (Å²) in [6, 6.07) is 25.2. The van der Waals surface area contributed by atoms with Gasteiger partial charge in [0.25, 0.3) is 0 Å². The molecule has 0 radical (unpaired) electrons. The van der Waals surface area contributed by atoms with Crippen molar-refractivity contribution < 1.29 is 9.47 Å². The van der Waals surface area contributed by atoms with Gasteiger partial charge in [-0.15, -0.1) is 0 Å². The van der Waals surface area contributed by atoms with Gasteiger partial charge >= 0.3 is 0 Å². The number of methoxy groups -OCH3 is 1. The number of benzene rings is 3. The molecule has 5 rings (SSSR count). The molecule has 0 aliphatic rings. The monoisotopic (exact) mass is 423 g/mol. The lowest BCUT2D eigenvalue weighted by atomic mass is 10.1. The van der Waals surface area contributed by atoms with Crippen molar-refractivity contribution in [2.45, 2.75) is 6.61 Å². The summed E-state index contributed by atoms with van der Waals surface area (Å²) < 4.78 is 11.1. The fourth-order valence-electron chi connectivity index (χ4n) is 3.47. The van der Waals surface area contributed by atoms with Crippen molar-refractivity contribution >= 4 is 17.0 Å². The van der Waals surface area contributed by atoms with E-state index in [1.54, 1.807) is 7.11 Å². The third-order valence-corrected chi connectivity index (χ3v) is 5.09. The molecule has 0 atom stereocenters. The van der Waals surface area contributed by atoms with Crippen LogP contribution in [0.2, 0.25) is 0 Å². The molecular weight excluding hydrogens is 402 g/mol. The van der Waals surface area contributed by atoms with Gasteiger partial charge in [0.05, 0.1) is 29.5 Å². The van der Waals surface area contributed by atoms with Gasteiger partial charge in [-0.1, -0.05) is 12.1 Å². The minimum Gasteiger partial charge on any atom is -0.497 e. The van der Waals surface area contributed by atoms with Crippen molar-refractivity contribution in [3.63, 3.8) is 0 Å². The van der Waals surface area contributed by atoms with Gasteiger partial charge < -0.3 is 20.2 Å². The number of hydrogen-bond acceptors (Lipinski definition) is 6. The predicted molar refractivity (Wildman–Crippen MR) is 124 cm³/mol. The number of imidazole rings is 1. The van der Waals surface area contributed by atoms with Gasteiger partial charge in [0.15, 0.2) is 0 Å². The highest BCUT2D eigenvalue weighted by Crippen LogP contribution is 2.27. The van der Waals surface area contributed by atoms with Crippen LogP contribution in [0.5, 0.6) is 11.5 Å². The largest absolute Gasteiger partial charge is 0.497 e. The molecule has 0 aliphatic heterocycles. The number of fused-ring (bicyclic) bond motifs is 1. The Hall–Kier alpha value is -4.39. The van der Waals surface area contributed by atoms with Crippen LogP contribution in [-0.2, 0) is 6.61 Å². The van der Waals surface area contributed by atoms with Crippen molar-refractivity contribution in [3.05, 3.63) is 84.7 Å². The van der Waals surface area contributed by atoms with E-state index < -0.39 is 0 Å². The first-order valence-electron chi connectivity index (χ1n) is 10.1. The van der Waals surface area contributed by atoms with Gasteiger partial charge in [-0.05, 0) is 66.7 Å². The van der Waals surface area contributed by atoms with Crippen LogP contribution in [0.1, 0.15) is 5.82 Å². The number of hydrogen-bond donors (Lipinski definition) is 2. The zero-order chi connectivity index (χ0) is 21.9. The van der Waals surface area contributed by atoms with Crippen molar-refractivity contribution in [2.24, 2.45) is 0 Å². The van der Waals surface area contributed by atoms with Crippen LogP contribution in [0, 0.1) is 0 Å². The standard InChI is InChI=1S/C25H21N5O2/c1-31-18-10-6-16(7-11-18)22-14-23(30-25(26)29-22)17-8-12-19(13-9-17)32-15-24-27-20-4-2-3-5-21(20)28-24/h2-14H,15H2,1H3,(H,27,28)(H2,26,29,30). The van der Waals surface area contributed by atoms with Crippen LogP contribution in [0.4, 0.5) is 5.95 Å². The van der Waals surface area contributed by atoms with Gasteiger partial charge in [-0.2, -0.15) is 0 Å². The molecule has 0 bridgehead atoms. The lowest BCUT2D eigenvalue weighted by molar-refractivity contribution is 0.297. The highest BCUT2D eigenvalue weighted by Gasteiger charge is 2.09. The van der Waals surface area contributed by atoms with Crippen molar-refractivity contribution in [1.29, 1.82) is 0 Å². The smallest absolute Gasteiger partial charge is 0.221 e. The number of aromatic nitrogens is 4. The average Bonchev–Trinajstić information content (AvgIpc) is 3.26. The van der Waals surface area contributed by atoms with E-state index in [0.717, 1.165) is 50.9 Å². The minimum atomic E-state index is 0.221. The Kier molecular flexibility index (Phi) is 5.13. The maximum Gasteiger partial charge on any atom is 0.221 e. The lowest BCUT2D eigenvalue weighted by Gasteiger charge is -2.08. The van der Waals surface area contributed by atoms with Crippen molar-refractivity contribution in [2.75, 3.05) is 12.8 Å². The Morgan fingerprint density at radius 2 is 1.41 bits per heavy atom. The van der Waals surface area contributed by atoms with Crippen molar-refractivity contribution in [3.8, 4) is 34.0 Å². The van der Waals surface area contributed by atoms with Crippen LogP contribution in [0.3, 0.4) is 0 Å². The maximum atomic E-state index is 5.98. The predicted octanol–water partition coefficient (Wildman–Crippen LogP) is 4.86. The summed E-state index contributed by atoms with van der Waals surface area (Å²) >= 11 is 0. The zero-order valence-electron chi connectivity index (χ0n) is 17.4. The summed E-state index contributed by atoms with van der Waals surface area (Å²) in [6.07, 6.45) is 0. The molecule has 2 heterocycles. The molecule has 5 aromatic rings. The van der Waals surface area contributed by atoms with E-state index in [2.05, 4.69) is 19.9 Å². The molecule has 7 heteroatoms. The van der Waals surface area contributed by atoms with Gasteiger partial charge in [0.2, 0.25) is 5.95 Å². The number of nitrogens with zero attached hydrogens (tertiary/aromatic N) is 3. The molecule has 3 N–H and O–H groups in total. The van der Waals surface area contributed by atoms with E-state index in [1.165, 1.54) is 0 Å². The normalized spacial score (nSPS) is 10.9. The zero-order valence-corrected chi connectivity index (χ0v) is 17.4. The number of nitrogens with one attached hydrogen (secondary N) is 1. The molecule has 32 heavy (non-hydrogen) atoms. The van der Waals surface area contributed by atoms with Crippen LogP contribution in [0.15, 0.2) is 78.9 Å². The Bertz CT molecular complexity index is 1330. The molecule has 3 aromatic carbocycles. The number of para-hydroxylation sites is 2. The second kappa shape index (κ2) is 8.39. The van der Waals surface area contributed by atoms with Crippen LogP contribution in [-0.4, -0.2) is 27.0 Å². The number of nitrogen functional groups attached to an aromatic ring is 1. The summed E-state index contributed by atoms with van der Waals surface area (Å²) in [4.78, 5) is 16.6. The van der Waals surface area contributed by atoms with E-state index in [9.17, 15) is 0 Å². The molecule has 7 nitrogen and oxygen atoms in total. The number of anilines is 1. The Morgan fingerprint density at radius 1 is 0.781 bits per heavy atom. The molecule has 0 saturated carbocycles. The summed E-state index contributed by atoms with van der Waals surface area (Å²) in [6.45, 7) is 0.357. The summed E-state index contributed by atoms with van der Waals surface area (Å²) in [5.41, 5.74) is 11.3. The van der Waals surface area contributed by atoms with Crippen LogP contribution < -0.4 is 15.2 Å². The Balaban J connectivity index is 1.33. The van der Waals surface area contributed by atoms with Crippen molar-refractivity contribution in [1.82, 2.24) is 19.9 Å². The molecule has 0 amide bonds. The van der Waals surface area contributed by atoms with Gasteiger partial charge in [-0.25, -0.2) is 15.0 Å². The molecule has 158 valence electrons. The molecule has 0 saturated heterocycles. The third-order valence-electron chi connectivity index (χ3n) is 5.09. The molecule has 0 fully saturated rings. The maximum absolute atomic E-state index is 5.98. The first-order valence-corrected chi connectivity index (χ1v) is 10.1. The number of aromatic amines is 1. The van der Waals surface area contributed by atoms with E-state index in [1.807, 2.05) is 78.9 Å². The Labute approximate surface area is 184 Å². The van der Waals surface area contributed by atoms with E-state index in [-0.39, 0.29) is 5.95 Å². The molecule has 2 aromatic heterocycles. The topological polar surface area (TPSA) is 98.9 Å². The molecule has 0 aliphatic carbocycles. The van der Waals surface area contributed by atoms with E-state index in [4.69, 9.17) is 15.2 Å². The third kappa shape index (κ3) is 4.09. The quantitative estimate of drug-likeness (QED) is 0.405. The van der Waals surface area contributed by atoms with Crippen LogP contribution in [0.25, 0.3) is 33.5 Å². The SMILES string of the molecule is COc1ccc(-c2cc(-c3ccc(OCc4nc5ccccc5[nH]4)cc3)nc(N)n2)cc1. The average molecular weight is 423 g/mol. The summed E-state index contributed by atoms with van der Waals surface area (Å²) in [5.74, 6) is 2.53. The first-order chi connectivity index (χ1) is 15.7. The lowest BCUT2D eigenvalue weighted by Crippen LogP contribution is -1.99. The fraction of sp³-hybridized carbons (Fsp3) is 0.0800. The number of H-pyrrole nitrogens is 1. The molecular formula is C25H21N5O2. The first kappa shape index (κ1) is 19.6. The summed E-state index contributed by atoms with van der Waals surface area (Å²) in [7, 11) is 1.64. The fourth-order valence-corrected chi connectivity index (χ4v) is 3.47. The van der Waals surface area contributed by atoms with E-state index in [0.29, 0.717) is 6.61 Å². The highest BCUT2D eigenvalue weighted by atomic mass is 16.5. The van der Waals surface area contributed by atoms with Crippen LogP contribution >= 0.6 is 0 Å². The second-order valence-corrected chi connectivity index (χ2v) is 7.24. The second-order valence-electron chi connectivity index (χ2n) is 7.24. The Morgan fingerprint density at radius 3 is 2.03 bits per heavy atom. The molecule has 0 spiro atoms. The molecule has 0 unspecified atom stereocenters. The number of rotatable bonds is 6. The van der Waals surface area contributed by atoms with Gasteiger partial charge in [0, 0.05) is 11.1 Å². The van der Waals surface area contributed by atoms with Gasteiger partial charge in [-0.3, -0.25) is 0 Å². The number of ether oxygens (including phenoxy) is 2. The summed E-state index contributed by atoms with van der Waals surface area (Å²) in [5, 5.41) is 0. The number of nitrogens with two attached hydrogens (primary N) is 1. The highest BCUT2D eigenvalue weighted by molar-refractivity contribution is 5.74.